The van der Waals surface area contributed by atoms with Crippen LogP contribution in [0.3, 0.4) is 0 Å². The van der Waals surface area contributed by atoms with Crippen molar-refractivity contribution in [3.05, 3.63) is 47.7 Å². The number of rotatable bonds is 4. The molecule has 0 amide bonds. The fourth-order valence-corrected chi connectivity index (χ4v) is 4.75. The second-order valence-corrected chi connectivity index (χ2v) is 8.52. The molecule has 2 aromatic heterocycles. The quantitative estimate of drug-likeness (QED) is 0.693. The van der Waals surface area contributed by atoms with Crippen LogP contribution in [-0.2, 0) is 6.54 Å². The summed E-state index contributed by atoms with van der Waals surface area (Å²) in [6.45, 7) is 0.560. The molecule has 0 radical (unpaired) electrons. The van der Waals surface area contributed by atoms with E-state index in [1.807, 2.05) is 17.1 Å². The summed E-state index contributed by atoms with van der Waals surface area (Å²) in [5.74, 6) is 1.50. The number of hydrogen-bond acceptors (Lipinski definition) is 6. The summed E-state index contributed by atoms with van der Waals surface area (Å²) in [5.41, 5.74) is 10.8. The highest BCUT2D eigenvalue weighted by Crippen LogP contribution is 2.38. The monoisotopic (exact) mass is 403 g/mol. The second kappa shape index (κ2) is 6.67. The van der Waals surface area contributed by atoms with Gasteiger partial charge in [-0.2, -0.15) is 5.26 Å². The predicted octanol–water partition coefficient (Wildman–Crippen LogP) is 3.60. The van der Waals surface area contributed by atoms with Gasteiger partial charge in [0, 0.05) is 29.2 Å². The summed E-state index contributed by atoms with van der Waals surface area (Å²) < 4.78 is 16.3. The molecule has 2 N–H and O–H groups in total. The van der Waals surface area contributed by atoms with Crippen molar-refractivity contribution < 1.29 is 4.39 Å². The molecule has 0 saturated heterocycles. The summed E-state index contributed by atoms with van der Waals surface area (Å²) in [6, 6.07) is 7.79. The van der Waals surface area contributed by atoms with Crippen molar-refractivity contribution in [2.75, 3.05) is 0 Å². The van der Waals surface area contributed by atoms with Crippen molar-refractivity contribution in [1.82, 2.24) is 30.5 Å². The zero-order chi connectivity index (χ0) is 20.2. The van der Waals surface area contributed by atoms with Gasteiger partial charge in [0.2, 0.25) is 0 Å². The minimum Gasteiger partial charge on any atom is -0.323 e. The Morgan fingerprint density at radius 2 is 2.10 bits per heavy atom. The van der Waals surface area contributed by atoms with Gasteiger partial charge in [0.15, 0.2) is 0 Å². The van der Waals surface area contributed by atoms with Crippen molar-refractivity contribution in [3.63, 3.8) is 0 Å². The summed E-state index contributed by atoms with van der Waals surface area (Å²) in [4.78, 5) is 9.44. The highest BCUT2D eigenvalue weighted by Gasteiger charge is 2.32. The lowest BCUT2D eigenvalue weighted by Gasteiger charge is -2.20. The minimum absolute atomic E-state index is 0.0544. The number of hydrogen-bond donors (Lipinski definition) is 2. The molecule has 0 bridgehead atoms. The Balaban J connectivity index is 1.49. The molecule has 6 rings (SSSR count). The lowest BCUT2D eigenvalue weighted by molar-refractivity contribution is 0.249. The van der Waals surface area contributed by atoms with Crippen LogP contribution < -0.4 is 11.0 Å². The van der Waals surface area contributed by atoms with Gasteiger partial charge in [0.05, 0.1) is 35.4 Å². The Kier molecular flexibility index (Phi) is 3.93. The van der Waals surface area contributed by atoms with Gasteiger partial charge in [-0.1, -0.05) is 0 Å². The smallest absolute Gasteiger partial charge is 0.131 e. The number of nitrogens with one attached hydrogen (secondary N) is 2. The Morgan fingerprint density at radius 3 is 2.87 bits per heavy atom. The van der Waals surface area contributed by atoms with Crippen LogP contribution in [0.1, 0.15) is 49.5 Å². The van der Waals surface area contributed by atoms with E-state index in [2.05, 4.69) is 32.8 Å². The molecule has 30 heavy (non-hydrogen) atoms. The van der Waals surface area contributed by atoms with Crippen LogP contribution in [0.15, 0.2) is 36.3 Å². The van der Waals surface area contributed by atoms with Crippen LogP contribution in [0.2, 0.25) is 0 Å². The van der Waals surface area contributed by atoms with Crippen molar-refractivity contribution in [3.8, 4) is 6.07 Å². The van der Waals surface area contributed by atoms with Crippen molar-refractivity contribution >= 4 is 21.9 Å². The summed E-state index contributed by atoms with van der Waals surface area (Å²) in [5, 5.41) is 12.3. The van der Waals surface area contributed by atoms with Crippen LogP contribution in [0.25, 0.3) is 21.9 Å². The number of fused-ring (bicyclic) bond motifs is 3. The van der Waals surface area contributed by atoms with E-state index in [0.29, 0.717) is 30.9 Å². The van der Waals surface area contributed by atoms with E-state index in [-0.39, 0.29) is 6.04 Å². The van der Waals surface area contributed by atoms with Crippen LogP contribution in [-0.4, -0.2) is 25.7 Å². The third-order valence-corrected chi connectivity index (χ3v) is 6.39. The second-order valence-electron chi connectivity index (χ2n) is 8.52. The van der Waals surface area contributed by atoms with Gasteiger partial charge in [-0.25, -0.2) is 9.37 Å². The SMILES string of the molecule is N#Cc1ccc2ncc3nc(CN4C=C(C5CC5)NN4)n(C4CCC(F)C4)c3c2c1. The summed E-state index contributed by atoms with van der Waals surface area (Å²) >= 11 is 0. The van der Waals surface area contributed by atoms with Gasteiger partial charge in [-0.05, 0) is 50.3 Å². The lowest BCUT2D eigenvalue weighted by atomic mass is 10.1. The van der Waals surface area contributed by atoms with E-state index >= 15 is 0 Å². The molecule has 2 atom stereocenters. The predicted molar refractivity (Wildman–Crippen MR) is 110 cm³/mol. The van der Waals surface area contributed by atoms with Gasteiger partial charge in [0.25, 0.3) is 0 Å². The molecule has 0 spiro atoms. The molecule has 3 heterocycles. The lowest BCUT2D eigenvalue weighted by Crippen LogP contribution is -2.37. The standard InChI is InChI=1S/C22H22FN7/c23-15-4-5-16(8-15)30-21(12-29-11-20(27-28-29)14-2-3-14)26-19-10-25-18-6-1-13(9-24)7-17(18)22(19)30/h1,6-7,10-11,14-16,27-28H,2-5,8,12H2. The Morgan fingerprint density at radius 1 is 1.20 bits per heavy atom. The molecule has 1 aliphatic heterocycles. The largest absolute Gasteiger partial charge is 0.323 e. The molecular weight excluding hydrogens is 381 g/mol. The number of allylic oxidation sites excluding steroid dienone is 1. The normalized spacial score (nSPS) is 23.7. The third kappa shape index (κ3) is 2.89. The Bertz CT molecular complexity index is 1220. The minimum atomic E-state index is -0.781. The van der Waals surface area contributed by atoms with Crippen LogP contribution in [0, 0.1) is 17.2 Å². The highest BCUT2D eigenvalue weighted by atomic mass is 19.1. The first-order chi connectivity index (χ1) is 14.7. The first kappa shape index (κ1) is 17.7. The van der Waals surface area contributed by atoms with E-state index < -0.39 is 6.17 Å². The van der Waals surface area contributed by atoms with Crippen molar-refractivity contribution in [1.29, 1.82) is 5.26 Å². The third-order valence-electron chi connectivity index (χ3n) is 6.39. The maximum atomic E-state index is 14.2. The van der Waals surface area contributed by atoms with Crippen molar-refractivity contribution in [2.24, 2.45) is 5.92 Å². The average molecular weight is 403 g/mol. The molecule has 2 unspecified atom stereocenters. The zero-order valence-corrected chi connectivity index (χ0v) is 16.5. The van der Waals surface area contributed by atoms with Gasteiger partial charge in [-0.15, -0.1) is 5.53 Å². The topological polar surface area (TPSA) is 81.8 Å². The highest BCUT2D eigenvalue weighted by molar-refractivity contribution is 6.02. The number of pyridine rings is 1. The van der Waals surface area contributed by atoms with Gasteiger partial charge < -0.3 is 9.99 Å². The van der Waals surface area contributed by atoms with E-state index in [0.717, 1.165) is 34.2 Å². The number of nitrogens with zero attached hydrogens (tertiary/aromatic N) is 5. The number of hydrazine groups is 2. The van der Waals surface area contributed by atoms with Gasteiger partial charge in [0.1, 0.15) is 17.5 Å². The molecule has 8 heteroatoms. The van der Waals surface area contributed by atoms with Gasteiger partial charge in [-0.3, -0.25) is 9.99 Å². The Labute approximate surface area is 173 Å². The fourth-order valence-electron chi connectivity index (χ4n) is 4.75. The number of benzene rings is 1. The first-order valence-electron chi connectivity index (χ1n) is 10.5. The maximum Gasteiger partial charge on any atom is 0.131 e. The molecule has 2 aliphatic carbocycles. The number of halogens is 1. The molecule has 7 nitrogen and oxygen atoms in total. The molecule has 3 aromatic rings. The summed E-state index contributed by atoms with van der Waals surface area (Å²) in [6.07, 6.45) is 7.43. The fraction of sp³-hybridized carbons (Fsp3) is 0.409. The Hall–Kier alpha value is -3.18. The van der Waals surface area contributed by atoms with Crippen molar-refractivity contribution in [2.45, 2.75) is 50.9 Å². The van der Waals surface area contributed by atoms with E-state index in [1.54, 1.807) is 12.3 Å². The molecule has 2 fully saturated rings. The summed E-state index contributed by atoms with van der Waals surface area (Å²) in [7, 11) is 0. The molecule has 3 aliphatic rings. The van der Waals surface area contributed by atoms with E-state index in [9.17, 15) is 9.65 Å². The number of aromatic nitrogens is 3. The maximum absolute atomic E-state index is 14.2. The number of imidazole rings is 1. The van der Waals surface area contributed by atoms with E-state index in [4.69, 9.17) is 4.98 Å². The average Bonchev–Trinajstić information content (AvgIpc) is 3.17. The molecule has 1 aromatic carbocycles. The number of alkyl halides is 1. The van der Waals surface area contributed by atoms with Crippen LogP contribution in [0.4, 0.5) is 4.39 Å². The van der Waals surface area contributed by atoms with E-state index in [1.165, 1.54) is 18.5 Å². The molecule has 2 saturated carbocycles. The van der Waals surface area contributed by atoms with Gasteiger partial charge >= 0.3 is 0 Å². The zero-order valence-electron chi connectivity index (χ0n) is 16.5. The molecule has 152 valence electrons. The van der Waals surface area contributed by atoms with Crippen LogP contribution in [0.5, 0.6) is 0 Å². The number of nitriles is 1. The van der Waals surface area contributed by atoms with Crippen LogP contribution >= 0.6 is 0 Å². The molecular formula is C22H22FN7. The first-order valence-corrected chi connectivity index (χ1v) is 10.5.